The van der Waals surface area contributed by atoms with Gasteiger partial charge in [-0.3, -0.25) is 14.4 Å². The first kappa shape index (κ1) is 18.5. The Kier molecular flexibility index (Phi) is 5.58. The Hall–Kier alpha value is -2.86. The number of carbonyl (C=O) groups is 1. The summed E-state index contributed by atoms with van der Waals surface area (Å²) >= 11 is 0. The average Bonchev–Trinajstić information content (AvgIpc) is 3.34. The minimum atomic E-state index is -0.250. The molecule has 3 heterocycles. The number of rotatable bonds is 6. The van der Waals surface area contributed by atoms with E-state index < -0.39 is 0 Å². The Labute approximate surface area is 165 Å². The number of carbonyl (C=O) groups excluding carboxylic acids is 1. The van der Waals surface area contributed by atoms with Crippen LogP contribution < -0.4 is 5.32 Å². The van der Waals surface area contributed by atoms with Gasteiger partial charge in [-0.25, -0.2) is 0 Å². The molecule has 146 valence electrons. The lowest BCUT2D eigenvalue weighted by atomic mass is 10.1. The second kappa shape index (κ2) is 8.44. The standard InChI is InChI=1S/C22H26N4O2/c1-17-7-3-4-8-18(17)14-26-15-19(13-23-26)24-22(27)21-10-9-20(28-21)16-25-11-5-2-6-12-25/h3-4,7-10,13,15H,2,5-6,11-12,14,16H2,1H3,(H,24,27). The lowest BCUT2D eigenvalue weighted by Gasteiger charge is -2.25. The Bertz CT molecular complexity index is 937. The van der Waals surface area contributed by atoms with E-state index in [0.29, 0.717) is 18.0 Å². The lowest BCUT2D eigenvalue weighted by Crippen LogP contribution is -2.28. The molecule has 4 rings (SSSR count). The van der Waals surface area contributed by atoms with E-state index in [1.165, 1.54) is 30.4 Å². The number of nitrogens with one attached hydrogen (secondary N) is 1. The number of nitrogens with zero attached hydrogens (tertiary/aromatic N) is 3. The van der Waals surface area contributed by atoms with Gasteiger partial charge in [0.1, 0.15) is 5.76 Å². The van der Waals surface area contributed by atoms with Crippen LogP contribution in [-0.4, -0.2) is 33.7 Å². The van der Waals surface area contributed by atoms with Gasteiger partial charge < -0.3 is 9.73 Å². The highest BCUT2D eigenvalue weighted by molar-refractivity contribution is 6.02. The predicted octanol–water partition coefficient (Wildman–Crippen LogP) is 4.07. The van der Waals surface area contributed by atoms with Crippen molar-refractivity contribution in [1.29, 1.82) is 0 Å². The van der Waals surface area contributed by atoms with Crippen molar-refractivity contribution in [3.8, 4) is 0 Å². The van der Waals surface area contributed by atoms with Gasteiger partial charge in [0.2, 0.25) is 0 Å². The summed E-state index contributed by atoms with van der Waals surface area (Å²) in [5.41, 5.74) is 3.09. The molecule has 1 amide bonds. The molecule has 2 aromatic heterocycles. The van der Waals surface area contributed by atoms with E-state index in [2.05, 4.69) is 34.4 Å². The molecule has 0 saturated carbocycles. The van der Waals surface area contributed by atoms with Gasteiger partial charge in [0, 0.05) is 6.20 Å². The summed E-state index contributed by atoms with van der Waals surface area (Å²) in [6.45, 7) is 5.72. The molecule has 6 heteroatoms. The molecule has 3 aromatic rings. The van der Waals surface area contributed by atoms with Crippen molar-refractivity contribution in [2.24, 2.45) is 0 Å². The predicted molar refractivity (Wildman–Crippen MR) is 108 cm³/mol. The molecular weight excluding hydrogens is 352 g/mol. The van der Waals surface area contributed by atoms with E-state index in [1.807, 2.05) is 29.1 Å². The molecule has 0 aliphatic carbocycles. The van der Waals surface area contributed by atoms with Crippen LogP contribution in [0.3, 0.4) is 0 Å². The highest BCUT2D eigenvalue weighted by Crippen LogP contribution is 2.17. The van der Waals surface area contributed by atoms with Crippen LogP contribution in [0, 0.1) is 6.92 Å². The van der Waals surface area contributed by atoms with Crippen LogP contribution in [0.1, 0.15) is 46.7 Å². The largest absolute Gasteiger partial charge is 0.455 e. The van der Waals surface area contributed by atoms with E-state index in [4.69, 9.17) is 4.42 Å². The molecule has 1 saturated heterocycles. The first-order valence-electron chi connectivity index (χ1n) is 9.87. The normalized spacial score (nSPS) is 14.9. The average molecular weight is 378 g/mol. The molecular formula is C22H26N4O2. The smallest absolute Gasteiger partial charge is 0.291 e. The van der Waals surface area contributed by atoms with Gasteiger partial charge in [0.15, 0.2) is 5.76 Å². The second-order valence-corrected chi connectivity index (χ2v) is 7.41. The fourth-order valence-corrected chi connectivity index (χ4v) is 3.59. The summed E-state index contributed by atoms with van der Waals surface area (Å²) in [7, 11) is 0. The number of hydrogen-bond donors (Lipinski definition) is 1. The summed E-state index contributed by atoms with van der Waals surface area (Å²) in [4.78, 5) is 14.9. The Morgan fingerprint density at radius 2 is 1.93 bits per heavy atom. The molecule has 0 radical (unpaired) electrons. The van der Waals surface area contributed by atoms with Crippen molar-refractivity contribution in [3.63, 3.8) is 0 Å². The van der Waals surface area contributed by atoms with Crippen LogP contribution >= 0.6 is 0 Å². The van der Waals surface area contributed by atoms with Crippen LogP contribution in [0.25, 0.3) is 0 Å². The fraction of sp³-hybridized carbons (Fsp3) is 0.364. The molecule has 0 spiro atoms. The van der Waals surface area contributed by atoms with Crippen molar-refractivity contribution in [2.75, 3.05) is 18.4 Å². The Balaban J connectivity index is 1.35. The quantitative estimate of drug-likeness (QED) is 0.702. The van der Waals surface area contributed by atoms with Crippen molar-refractivity contribution >= 4 is 11.6 Å². The van der Waals surface area contributed by atoms with Gasteiger partial charge in [0.05, 0.1) is 25.0 Å². The zero-order valence-electron chi connectivity index (χ0n) is 16.2. The molecule has 1 N–H and O–H groups in total. The summed E-state index contributed by atoms with van der Waals surface area (Å²) in [6.07, 6.45) is 7.27. The second-order valence-electron chi connectivity index (χ2n) is 7.41. The summed E-state index contributed by atoms with van der Waals surface area (Å²) in [5, 5.41) is 7.21. The molecule has 0 unspecified atom stereocenters. The van der Waals surface area contributed by atoms with Gasteiger partial charge >= 0.3 is 0 Å². The summed E-state index contributed by atoms with van der Waals surface area (Å²) in [6, 6.07) is 11.8. The van der Waals surface area contributed by atoms with Crippen LogP contribution in [0.4, 0.5) is 5.69 Å². The third-order valence-electron chi connectivity index (χ3n) is 5.20. The maximum atomic E-state index is 12.5. The number of benzene rings is 1. The number of amides is 1. The summed E-state index contributed by atoms with van der Waals surface area (Å²) < 4.78 is 7.58. The minimum Gasteiger partial charge on any atom is -0.455 e. The topological polar surface area (TPSA) is 63.3 Å². The van der Waals surface area contributed by atoms with Crippen LogP contribution in [0.5, 0.6) is 0 Å². The van der Waals surface area contributed by atoms with Gasteiger partial charge in [-0.05, 0) is 56.1 Å². The third kappa shape index (κ3) is 4.51. The van der Waals surface area contributed by atoms with E-state index in [-0.39, 0.29) is 5.91 Å². The number of aromatic nitrogens is 2. The SMILES string of the molecule is Cc1ccccc1Cn1cc(NC(=O)c2ccc(CN3CCCCC3)o2)cn1. The monoisotopic (exact) mass is 378 g/mol. The maximum Gasteiger partial charge on any atom is 0.291 e. The van der Waals surface area contributed by atoms with E-state index in [1.54, 1.807) is 12.3 Å². The van der Waals surface area contributed by atoms with E-state index >= 15 is 0 Å². The first-order chi connectivity index (χ1) is 13.7. The Morgan fingerprint density at radius 3 is 2.75 bits per heavy atom. The van der Waals surface area contributed by atoms with Crippen molar-refractivity contribution in [3.05, 3.63) is 71.4 Å². The third-order valence-corrected chi connectivity index (χ3v) is 5.20. The molecule has 1 aliphatic rings. The molecule has 1 aromatic carbocycles. The highest BCUT2D eigenvalue weighted by atomic mass is 16.4. The van der Waals surface area contributed by atoms with Crippen molar-refractivity contribution in [2.45, 2.75) is 39.3 Å². The zero-order chi connectivity index (χ0) is 19.3. The molecule has 1 fully saturated rings. The number of likely N-dealkylation sites (tertiary alicyclic amines) is 1. The molecule has 6 nitrogen and oxygen atoms in total. The molecule has 1 aliphatic heterocycles. The first-order valence-corrected chi connectivity index (χ1v) is 9.87. The fourth-order valence-electron chi connectivity index (χ4n) is 3.59. The van der Waals surface area contributed by atoms with E-state index in [0.717, 1.165) is 25.4 Å². The van der Waals surface area contributed by atoms with E-state index in [9.17, 15) is 4.79 Å². The van der Waals surface area contributed by atoms with Gasteiger partial charge in [-0.1, -0.05) is 30.7 Å². The van der Waals surface area contributed by atoms with Crippen molar-refractivity contribution < 1.29 is 9.21 Å². The number of piperidine rings is 1. The number of furan rings is 1. The van der Waals surface area contributed by atoms with Crippen LogP contribution in [0.2, 0.25) is 0 Å². The highest BCUT2D eigenvalue weighted by Gasteiger charge is 2.16. The van der Waals surface area contributed by atoms with Crippen molar-refractivity contribution in [1.82, 2.24) is 14.7 Å². The van der Waals surface area contributed by atoms with Crippen LogP contribution in [0.15, 0.2) is 53.2 Å². The Morgan fingerprint density at radius 1 is 1.11 bits per heavy atom. The van der Waals surface area contributed by atoms with Crippen LogP contribution in [-0.2, 0) is 13.1 Å². The molecule has 0 atom stereocenters. The molecule has 0 bridgehead atoms. The number of hydrogen-bond acceptors (Lipinski definition) is 4. The number of anilines is 1. The van der Waals surface area contributed by atoms with Gasteiger partial charge in [0.25, 0.3) is 5.91 Å². The summed E-state index contributed by atoms with van der Waals surface area (Å²) in [5.74, 6) is 0.918. The lowest BCUT2D eigenvalue weighted by molar-refractivity contribution is 0.0992. The molecule has 28 heavy (non-hydrogen) atoms. The van der Waals surface area contributed by atoms with Gasteiger partial charge in [-0.2, -0.15) is 5.10 Å². The minimum absolute atomic E-state index is 0.250. The number of aryl methyl sites for hydroxylation is 1. The maximum absolute atomic E-state index is 12.5. The van der Waals surface area contributed by atoms with Gasteiger partial charge in [-0.15, -0.1) is 0 Å². The zero-order valence-corrected chi connectivity index (χ0v) is 16.2.